The molecule has 0 aliphatic heterocycles. The molecule has 128 valence electrons. The molecule has 2 aromatic carbocycles. The molecule has 2 aromatic rings. The first-order valence-corrected chi connectivity index (χ1v) is 7.26. The Morgan fingerprint density at radius 3 is 2.17 bits per heavy atom. The molecule has 0 heterocycles. The third-order valence-electron chi connectivity index (χ3n) is 3.61. The van der Waals surface area contributed by atoms with Crippen molar-refractivity contribution in [3.8, 4) is 16.9 Å². The third kappa shape index (κ3) is 4.28. The van der Waals surface area contributed by atoms with Gasteiger partial charge in [0.1, 0.15) is 5.75 Å². The number of hydrogen-bond donors (Lipinski definition) is 0. The van der Waals surface area contributed by atoms with Crippen molar-refractivity contribution < 1.29 is 22.7 Å². The van der Waals surface area contributed by atoms with E-state index in [-0.39, 0.29) is 18.1 Å². The van der Waals surface area contributed by atoms with E-state index in [1.54, 1.807) is 44.4 Å². The maximum Gasteiger partial charge on any atom is 0.416 e. The Hall–Kier alpha value is -2.50. The van der Waals surface area contributed by atoms with Crippen molar-refractivity contribution in [2.45, 2.75) is 12.6 Å². The second kappa shape index (κ2) is 6.95. The van der Waals surface area contributed by atoms with E-state index < -0.39 is 11.7 Å². The van der Waals surface area contributed by atoms with Gasteiger partial charge in [0.05, 0.1) is 19.1 Å². The number of benzene rings is 2. The summed E-state index contributed by atoms with van der Waals surface area (Å²) in [5, 5.41) is 0. The van der Waals surface area contributed by atoms with Gasteiger partial charge in [0.25, 0.3) is 0 Å². The molecule has 1 amide bonds. The number of amides is 1. The van der Waals surface area contributed by atoms with Crippen LogP contribution in [0.25, 0.3) is 11.1 Å². The molecule has 0 radical (unpaired) electrons. The molecule has 2 rings (SSSR count). The lowest BCUT2D eigenvalue weighted by Gasteiger charge is -2.13. The van der Waals surface area contributed by atoms with Crippen molar-refractivity contribution in [1.82, 2.24) is 4.90 Å². The minimum atomic E-state index is -4.44. The standard InChI is InChI=1S/C18H18F3NO2/c1-22(2)17(23)8-12-4-6-13(7-5-12)14-9-15(18(19,20)21)11-16(10-14)24-3/h4-7,9-11H,8H2,1-3H3. The molecule has 0 N–H and O–H groups in total. The maximum absolute atomic E-state index is 13.0. The van der Waals surface area contributed by atoms with Crippen molar-refractivity contribution >= 4 is 5.91 Å². The number of alkyl halides is 3. The van der Waals surface area contributed by atoms with Crippen LogP contribution < -0.4 is 4.74 Å². The molecule has 24 heavy (non-hydrogen) atoms. The highest BCUT2D eigenvalue weighted by Crippen LogP contribution is 2.35. The van der Waals surface area contributed by atoms with Gasteiger partial charge in [-0.15, -0.1) is 0 Å². The Balaban J connectivity index is 2.33. The minimum absolute atomic E-state index is 0.0384. The van der Waals surface area contributed by atoms with Gasteiger partial charge in [-0.25, -0.2) is 0 Å². The molecule has 0 aromatic heterocycles. The molecule has 0 aliphatic rings. The highest BCUT2D eigenvalue weighted by Gasteiger charge is 2.31. The zero-order valence-corrected chi connectivity index (χ0v) is 13.6. The Morgan fingerprint density at radius 1 is 1.04 bits per heavy atom. The lowest BCUT2D eigenvalue weighted by atomic mass is 10.00. The van der Waals surface area contributed by atoms with Crippen molar-refractivity contribution in [2.75, 3.05) is 21.2 Å². The Kier molecular flexibility index (Phi) is 5.17. The van der Waals surface area contributed by atoms with Gasteiger partial charge < -0.3 is 9.64 Å². The van der Waals surface area contributed by atoms with Gasteiger partial charge in [0, 0.05) is 14.1 Å². The SMILES string of the molecule is COc1cc(-c2ccc(CC(=O)N(C)C)cc2)cc(C(F)(F)F)c1. The summed E-state index contributed by atoms with van der Waals surface area (Å²) in [6.45, 7) is 0. The summed E-state index contributed by atoms with van der Waals surface area (Å²) in [5.41, 5.74) is 1.08. The number of carbonyl (C=O) groups excluding carboxylic acids is 1. The van der Waals surface area contributed by atoms with Gasteiger partial charge in [0.15, 0.2) is 0 Å². The van der Waals surface area contributed by atoms with Crippen LogP contribution in [0.15, 0.2) is 42.5 Å². The van der Waals surface area contributed by atoms with Crippen molar-refractivity contribution in [2.24, 2.45) is 0 Å². The number of nitrogens with zero attached hydrogens (tertiary/aromatic N) is 1. The molecule has 0 fully saturated rings. The molecule has 0 atom stereocenters. The van der Waals surface area contributed by atoms with E-state index in [9.17, 15) is 18.0 Å². The average Bonchev–Trinajstić information content (AvgIpc) is 2.54. The first-order valence-electron chi connectivity index (χ1n) is 7.26. The van der Waals surface area contributed by atoms with Crippen LogP contribution in [-0.2, 0) is 17.4 Å². The summed E-state index contributed by atoms with van der Waals surface area (Å²) in [4.78, 5) is 13.2. The summed E-state index contributed by atoms with van der Waals surface area (Å²) < 4.78 is 43.9. The van der Waals surface area contributed by atoms with E-state index in [1.807, 2.05) is 0 Å². The van der Waals surface area contributed by atoms with E-state index in [0.717, 1.165) is 17.7 Å². The predicted molar refractivity (Wildman–Crippen MR) is 85.8 cm³/mol. The molecule has 0 bridgehead atoms. The number of carbonyl (C=O) groups is 1. The van der Waals surface area contributed by atoms with Gasteiger partial charge in [-0.2, -0.15) is 13.2 Å². The summed E-state index contributed by atoms with van der Waals surface area (Å²) >= 11 is 0. The smallest absolute Gasteiger partial charge is 0.416 e. The second-order valence-corrected chi connectivity index (χ2v) is 5.61. The molecular formula is C18H18F3NO2. The molecule has 0 unspecified atom stereocenters. The number of likely N-dealkylation sites (N-methyl/N-ethyl adjacent to an activating group) is 1. The zero-order valence-electron chi connectivity index (χ0n) is 13.6. The van der Waals surface area contributed by atoms with Gasteiger partial charge in [-0.3, -0.25) is 4.79 Å². The lowest BCUT2D eigenvalue weighted by Crippen LogP contribution is -2.23. The Morgan fingerprint density at radius 2 is 1.67 bits per heavy atom. The summed E-state index contributed by atoms with van der Waals surface area (Å²) in [5.74, 6) is 0.107. The third-order valence-corrected chi connectivity index (χ3v) is 3.61. The van der Waals surface area contributed by atoms with Crippen LogP contribution in [0.1, 0.15) is 11.1 Å². The molecular weight excluding hydrogens is 319 g/mol. The van der Waals surface area contributed by atoms with Gasteiger partial charge >= 0.3 is 6.18 Å². The molecule has 0 saturated carbocycles. The van der Waals surface area contributed by atoms with Crippen LogP contribution >= 0.6 is 0 Å². The van der Waals surface area contributed by atoms with Gasteiger partial charge in [-0.05, 0) is 34.9 Å². The van der Waals surface area contributed by atoms with Crippen LogP contribution in [-0.4, -0.2) is 32.0 Å². The maximum atomic E-state index is 13.0. The van der Waals surface area contributed by atoms with Crippen molar-refractivity contribution in [1.29, 1.82) is 0 Å². The number of methoxy groups -OCH3 is 1. The first kappa shape index (κ1) is 17.8. The lowest BCUT2D eigenvalue weighted by molar-refractivity contribution is -0.137. The zero-order chi connectivity index (χ0) is 17.9. The van der Waals surface area contributed by atoms with E-state index in [4.69, 9.17) is 4.74 Å². The Labute approximate surface area is 138 Å². The molecule has 6 heteroatoms. The number of ether oxygens (including phenoxy) is 1. The largest absolute Gasteiger partial charge is 0.497 e. The van der Waals surface area contributed by atoms with E-state index in [2.05, 4.69) is 0 Å². The minimum Gasteiger partial charge on any atom is -0.497 e. The summed E-state index contributed by atoms with van der Waals surface area (Å²) in [6.07, 6.45) is -4.19. The molecule has 3 nitrogen and oxygen atoms in total. The number of halogens is 3. The van der Waals surface area contributed by atoms with Gasteiger partial charge in [-0.1, -0.05) is 24.3 Å². The highest BCUT2D eigenvalue weighted by atomic mass is 19.4. The van der Waals surface area contributed by atoms with E-state index >= 15 is 0 Å². The van der Waals surface area contributed by atoms with Crippen LogP contribution in [0.5, 0.6) is 5.75 Å². The van der Waals surface area contributed by atoms with Crippen LogP contribution in [0.4, 0.5) is 13.2 Å². The quantitative estimate of drug-likeness (QED) is 0.844. The number of rotatable bonds is 4. The van der Waals surface area contributed by atoms with Crippen LogP contribution in [0.3, 0.4) is 0 Å². The van der Waals surface area contributed by atoms with Crippen LogP contribution in [0, 0.1) is 0 Å². The van der Waals surface area contributed by atoms with Gasteiger partial charge in [0.2, 0.25) is 5.91 Å². The Bertz CT molecular complexity index is 722. The highest BCUT2D eigenvalue weighted by molar-refractivity contribution is 5.78. The van der Waals surface area contributed by atoms with E-state index in [0.29, 0.717) is 11.1 Å². The van der Waals surface area contributed by atoms with Crippen molar-refractivity contribution in [3.05, 3.63) is 53.6 Å². The summed E-state index contributed by atoms with van der Waals surface area (Å²) in [7, 11) is 4.67. The summed E-state index contributed by atoms with van der Waals surface area (Å²) in [6, 6.07) is 10.5. The second-order valence-electron chi connectivity index (χ2n) is 5.61. The average molecular weight is 337 g/mol. The number of hydrogen-bond acceptors (Lipinski definition) is 2. The molecule has 0 aliphatic carbocycles. The molecule has 0 spiro atoms. The molecule has 0 saturated heterocycles. The fraction of sp³-hybridized carbons (Fsp3) is 0.278. The normalized spacial score (nSPS) is 11.2. The monoisotopic (exact) mass is 337 g/mol. The fourth-order valence-electron chi connectivity index (χ4n) is 2.20. The fourth-order valence-corrected chi connectivity index (χ4v) is 2.20. The van der Waals surface area contributed by atoms with E-state index in [1.165, 1.54) is 12.0 Å². The predicted octanol–water partition coefficient (Wildman–Crippen LogP) is 4.01. The topological polar surface area (TPSA) is 29.5 Å². The van der Waals surface area contributed by atoms with Crippen LogP contribution in [0.2, 0.25) is 0 Å². The van der Waals surface area contributed by atoms with Crippen molar-refractivity contribution in [3.63, 3.8) is 0 Å². The first-order chi connectivity index (χ1) is 11.2.